The third kappa shape index (κ3) is 9.19. The first-order chi connectivity index (χ1) is 20.0. The Morgan fingerprint density at radius 2 is 0.674 bits per heavy atom. The largest absolute Gasteiger partial charge is 3.00 e. The molecule has 0 spiro atoms. The maximum atomic E-state index is 12.7. The summed E-state index contributed by atoms with van der Waals surface area (Å²) in [5, 5.41) is 5.16. The van der Waals surface area contributed by atoms with Crippen LogP contribution in [0.15, 0.2) is 87.8 Å². The van der Waals surface area contributed by atoms with Gasteiger partial charge >= 0.3 is 20.1 Å². The first-order valence-corrected chi connectivity index (χ1v) is 13.3. The van der Waals surface area contributed by atoms with Gasteiger partial charge in [0, 0.05) is 16.7 Å². The summed E-state index contributed by atoms with van der Waals surface area (Å²) >= 11 is 0. The van der Waals surface area contributed by atoms with Gasteiger partial charge in [-0.3, -0.25) is 15.0 Å². The number of benzene rings is 3. The predicted molar refractivity (Wildman–Crippen MR) is 161 cm³/mol. The van der Waals surface area contributed by atoms with Crippen LogP contribution in [-0.2, 0) is 20.1 Å². The third-order valence-corrected chi connectivity index (χ3v) is 6.18. The van der Waals surface area contributed by atoms with Crippen molar-refractivity contribution in [2.45, 2.75) is 39.3 Å². The second-order valence-electron chi connectivity index (χ2n) is 9.69. The summed E-state index contributed by atoms with van der Waals surface area (Å²) in [6.07, 6.45) is -0.125. The Morgan fingerprint density at radius 3 is 0.837 bits per heavy atom. The molecule has 3 unspecified atom stereocenters. The number of halogens is 3. The topological polar surface area (TPSA) is 89.1 Å². The van der Waals surface area contributed by atoms with Crippen LogP contribution in [0.25, 0.3) is 16.3 Å². The second-order valence-corrected chi connectivity index (χ2v) is 9.69. The Labute approximate surface area is 263 Å². The molecule has 3 aromatic rings. The predicted octanol–water partition coefficient (Wildman–Crippen LogP) is 6.45. The summed E-state index contributed by atoms with van der Waals surface area (Å²) in [6.45, 7) is 5.73. The van der Waals surface area contributed by atoms with Crippen LogP contribution in [-0.4, -0.2) is 72.2 Å². The minimum atomic E-state index is -0.236. The second kappa shape index (κ2) is 15.2. The van der Waals surface area contributed by atoms with Crippen LogP contribution < -0.4 is 0 Å². The van der Waals surface area contributed by atoms with Gasteiger partial charge in [0.25, 0.3) is 0 Å². The molecule has 3 aromatic carbocycles. The molecule has 13 heteroatoms. The Bertz CT molecular complexity index is 1260. The zero-order valence-corrected chi connectivity index (χ0v) is 27.0. The van der Waals surface area contributed by atoms with Crippen molar-refractivity contribution in [3.63, 3.8) is 0 Å². The van der Waals surface area contributed by atoms with Crippen molar-refractivity contribution < 1.29 is 33.3 Å². The number of hydrogen-bond donors (Lipinski definition) is 0. The van der Waals surface area contributed by atoms with Crippen molar-refractivity contribution in [3.05, 3.63) is 123 Å². The van der Waals surface area contributed by atoms with Crippen molar-refractivity contribution in [2.75, 3.05) is 21.1 Å². The fourth-order valence-corrected chi connectivity index (χ4v) is 4.36. The normalized spacial score (nSPS) is 20.7. The van der Waals surface area contributed by atoms with E-state index in [9.17, 15) is 13.2 Å². The van der Waals surface area contributed by atoms with Gasteiger partial charge in [0.1, 0.15) is 35.0 Å². The minimum absolute atomic E-state index is 0. The van der Waals surface area contributed by atoms with Gasteiger partial charge in [-0.1, -0.05) is 20.8 Å². The smallest absolute Gasteiger partial charge is 0.546 e. The molecule has 3 aliphatic heterocycles. The molecule has 0 bridgehead atoms. The molecule has 0 fully saturated rings. The van der Waals surface area contributed by atoms with Gasteiger partial charge in [-0.25, -0.2) is 13.2 Å². The third-order valence-electron chi connectivity index (χ3n) is 6.18. The number of hydrogen-bond acceptors (Lipinski definition) is 6. The van der Waals surface area contributed by atoms with E-state index >= 15 is 0 Å². The van der Waals surface area contributed by atoms with Crippen LogP contribution in [0.2, 0.25) is 0 Å². The fraction of sp³-hybridized carbons (Fsp3) is 0.300. The summed E-state index contributed by atoms with van der Waals surface area (Å²) in [4.78, 5) is 13.0. The van der Waals surface area contributed by atoms with Crippen LogP contribution >= 0.6 is 0 Å². The zero-order valence-electron chi connectivity index (χ0n) is 24.7. The van der Waals surface area contributed by atoms with Crippen molar-refractivity contribution in [1.29, 1.82) is 0 Å². The molecule has 0 aliphatic carbocycles. The van der Waals surface area contributed by atoms with Crippen molar-refractivity contribution in [2.24, 2.45) is 15.0 Å². The first-order valence-electron chi connectivity index (χ1n) is 13.3. The van der Waals surface area contributed by atoms with Gasteiger partial charge in [-0.05, 0) is 112 Å². The molecule has 0 amide bonds. The molecule has 0 aromatic heterocycles. The summed E-state index contributed by atoms with van der Waals surface area (Å²) in [7, 11) is 5.52. The van der Waals surface area contributed by atoms with Crippen LogP contribution in [0.5, 0.6) is 0 Å². The summed E-state index contributed by atoms with van der Waals surface area (Å²) in [6, 6.07) is 18.8. The molecular weight excluding hydrogens is 736 g/mol. The fourth-order valence-electron chi connectivity index (χ4n) is 4.36. The van der Waals surface area contributed by atoms with E-state index in [0.29, 0.717) is 0 Å². The van der Waals surface area contributed by atoms with Gasteiger partial charge in [0.2, 0.25) is 0 Å². The van der Waals surface area contributed by atoms with Crippen molar-refractivity contribution in [1.82, 2.24) is 15.0 Å². The van der Waals surface area contributed by atoms with Gasteiger partial charge < -0.3 is 31.3 Å². The van der Waals surface area contributed by atoms with E-state index in [-0.39, 0.29) is 56.1 Å². The molecule has 9 nitrogen and oxygen atoms in total. The quantitative estimate of drug-likeness (QED) is 0.307. The monoisotopic (exact) mass is 769 g/mol. The molecule has 3 aliphatic rings. The Hall–Kier alpha value is -3.61. The number of nitrogens with zero attached hydrogens (tertiary/aromatic N) is 9. The summed E-state index contributed by atoms with van der Waals surface area (Å²) in [5.74, 6) is 1.66. The molecular formula is C30H33F3IrN9. The Kier molecular flexibility index (Phi) is 12.0. The maximum Gasteiger partial charge on any atom is 3.00 e. The van der Waals surface area contributed by atoms with Crippen molar-refractivity contribution >= 4 is 17.5 Å². The average Bonchev–Trinajstić information content (AvgIpc) is 3.60. The van der Waals surface area contributed by atoms with E-state index in [1.165, 1.54) is 36.4 Å². The first kappa shape index (κ1) is 33.9. The van der Waals surface area contributed by atoms with Gasteiger partial charge in [0.05, 0.1) is 0 Å². The molecule has 0 N–H and O–H groups in total. The van der Waals surface area contributed by atoms with Crippen LogP contribution in [0, 0.1) is 17.5 Å². The summed E-state index contributed by atoms with van der Waals surface area (Å²) in [5.41, 5.74) is 15.3. The van der Waals surface area contributed by atoms with E-state index in [1.54, 1.807) is 51.4 Å². The standard InChI is InChI=1S/3C10H11FN3.Ir/c3*1-7-12-10(14(2)13-7)8-3-5-9(11)6-4-8;/h3*3-7H,1-2H3;/q3*-1;+3. The van der Waals surface area contributed by atoms with Crippen LogP contribution in [0.1, 0.15) is 37.5 Å². The zero-order chi connectivity index (χ0) is 30.4. The molecule has 3 atom stereocenters. The van der Waals surface area contributed by atoms with Crippen molar-refractivity contribution in [3.8, 4) is 0 Å². The Morgan fingerprint density at radius 1 is 0.465 bits per heavy atom. The summed E-state index contributed by atoms with van der Waals surface area (Å²) < 4.78 is 38.0. The molecule has 43 heavy (non-hydrogen) atoms. The van der Waals surface area contributed by atoms with Crippen LogP contribution in [0.4, 0.5) is 13.2 Å². The van der Waals surface area contributed by atoms with Gasteiger partial charge in [-0.15, -0.1) is 0 Å². The number of aliphatic imine (C=N–C) groups is 3. The van der Waals surface area contributed by atoms with E-state index in [1.807, 2.05) is 41.9 Å². The van der Waals surface area contributed by atoms with E-state index in [4.69, 9.17) is 0 Å². The van der Waals surface area contributed by atoms with Gasteiger partial charge in [0.15, 0.2) is 0 Å². The van der Waals surface area contributed by atoms with Gasteiger partial charge in [-0.2, -0.15) is 0 Å². The average molecular weight is 769 g/mol. The SMILES string of the molecule is CC1N=C(c2ccc(F)cc2)N(C)[N-]1.CC1N=C(c2ccc(F)cc2)N(C)[N-]1.CC1N=C(c2ccc(F)cc2)N(C)[N-]1.[Ir+3]. The molecule has 0 saturated heterocycles. The molecule has 0 saturated carbocycles. The van der Waals surface area contributed by atoms with Crippen LogP contribution in [0.3, 0.4) is 0 Å². The molecule has 0 radical (unpaired) electrons. The van der Waals surface area contributed by atoms with E-state index < -0.39 is 0 Å². The van der Waals surface area contributed by atoms with E-state index in [2.05, 4.69) is 31.3 Å². The number of amidine groups is 3. The molecule has 6 rings (SSSR count). The maximum absolute atomic E-state index is 12.7. The molecule has 3 heterocycles. The number of rotatable bonds is 3. The minimum Gasteiger partial charge on any atom is -0.546 e. The van der Waals surface area contributed by atoms with E-state index in [0.717, 1.165) is 34.2 Å². The Balaban J connectivity index is 0.000000175. The molecule has 228 valence electrons.